The van der Waals surface area contributed by atoms with Crippen LogP contribution in [0.5, 0.6) is 0 Å². The standard InChI is InChI=1S/C15H11N3/c1-2-7-13-10(4-1)11-5-3-6-12(15(11)17-13)14-8-9-16-18-14/h1-9,17H,(H,16,18). The number of benzene rings is 2. The lowest BCUT2D eigenvalue weighted by Gasteiger charge is -1.99. The van der Waals surface area contributed by atoms with Crippen molar-refractivity contribution < 1.29 is 0 Å². The van der Waals surface area contributed by atoms with Gasteiger partial charge in [0, 0.05) is 28.0 Å². The van der Waals surface area contributed by atoms with E-state index in [1.807, 2.05) is 12.1 Å². The molecule has 0 amide bonds. The average molecular weight is 233 g/mol. The molecule has 0 atom stereocenters. The summed E-state index contributed by atoms with van der Waals surface area (Å²) in [5.74, 6) is 0. The number of hydrogen-bond acceptors (Lipinski definition) is 1. The van der Waals surface area contributed by atoms with Gasteiger partial charge in [0.2, 0.25) is 0 Å². The van der Waals surface area contributed by atoms with Crippen molar-refractivity contribution in [2.45, 2.75) is 0 Å². The quantitative estimate of drug-likeness (QED) is 0.517. The molecule has 2 aromatic carbocycles. The second-order valence-electron chi connectivity index (χ2n) is 4.37. The van der Waals surface area contributed by atoms with Gasteiger partial charge in [0.05, 0.1) is 11.2 Å². The summed E-state index contributed by atoms with van der Waals surface area (Å²) >= 11 is 0. The van der Waals surface area contributed by atoms with E-state index in [2.05, 4.69) is 51.6 Å². The van der Waals surface area contributed by atoms with Gasteiger partial charge in [0.15, 0.2) is 0 Å². The number of aromatic nitrogens is 3. The fourth-order valence-electron chi connectivity index (χ4n) is 2.50. The highest BCUT2D eigenvalue weighted by Gasteiger charge is 2.09. The first kappa shape index (κ1) is 9.48. The van der Waals surface area contributed by atoms with Crippen molar-refractivity contribution in [2.24, 2.45) is 0 Å². The molecule has 2 N–H and O–H groups in total. The highest BCUT2D eigenvalue weighted by molar-refractivity contribution is 6.11. The normalized spacial score (nSPS) is 11.3. The summed E-state index contributed by atoms with van der Waals surface area (Å²) in [7, 11) is 0. The number of aromatic amines is 2. The SMILES string of the molecule is c1ccc2c(c1)[nH]c1c(-c3ccn[nH]3)cccc12. The maximum atomic E-state index is 4.02. The van der Waals surface area contributed by atoms with Crippen molar-refractivity contribution in [3.8, 4) is 11.3 Å². The van der Waals surface area contributed by atoms with E-state index in [-0.39, 0.29) is 0 Å². The summed E-state index contributed by atoms with van der Waals surface area (Å²) in [5.41, 5.74) is 4.51. The van der Waals surface area contributed by atoms with Crippen LogP contribution in [0.4, 0.5) is 0 Å². The fourth-order valence-corrected chi connectivity index (χ4v) is 2.50. The molecular formula is C15H11N3. The Morgan fingerprint density at radius 2 is 1.72 bits per heavy atom. The molecular weight excluding hydrogens is 222 g/mol. The molecule has 4 rings (SSSR count). The zero-order chi connectivity index (χ0) is 11.9. The van der Waals surface area contributed by atoms with E-state index in [0.29, 0.717) is 0 Å². The number of fused-ring (bicyclic) bond motifs is 3. The fraction of sp³-hybridized carbons (Fsp3) is 0. The number of hydrogen-bond donors (Lipinski definition) is 2. The van der Waals surface area contributed by atoms with Crippen molar-refractivity contribution in [1.82, 2.24) is 15.2 Å². The minimum Gasteiger partial charge on any atom is -0.354 e. The molecule has 2 heterocycles. The van der Waals surface area contributed by atoms with Gasteiger partial charge in [-0.3, -0.25) is 5.10 Å². The highest BCUT2D eigenvalue weighted by atomic mass is 15.1. The Hall–Kier alpha value is -2.55. The summed E-state index contributed by atoms with van der Waals surface area (Å²) in [6.45, 7) is 0. The molecule has 0 aliphatic heterocycles. The molecule has 2 aromatic heterocycles. The summed E-state index contributed by atoms with van der Waals surface area (Å²) in [4.78, 5) is 3.49. The maximum Gasteiger partial charge on any atom is 0.0671 e. The Morgan fingerprint density at radius 1 is 0.833 bits per heavy atom. The van der Waals surface area contributed by atoms with Gasteiger partial charge < -0.3 is 4.98 Å². The van der Waals surface area contributed by atoms with E-state index < -0.39 is 0 Å². The van der Waals surface area contributed by atoms with Crippen molar-refractivity contribution in [2.75, 3.05) is 0 Å². The first-order valence-corrected chi connectivity index (χ1v) is 5.93. The second kappa shape index (κ2) is 3.47. The van der Waals surface area contributed by atoms with Crippen LogP contribution in [0.2, 0.25) is 0 Å². The number of para-hydroxylation sites is 2. The van der Waals surface area contributed by atoms with Crippen LogP contribution in [0.1, 0.15) is 0 Å². The predicted molar refractivity (Wildman–Crippen MR) is 73.4 cm³/mol. The Balaban J connectivity index is 2.17. The molecule has 0 bridgehead atoms. The van der Waals surface area contributed by atoms with Crippen LogP contribution in [-0.4, -0.2) is 15.2 Å². The number of nitrogens with one attached hydrogen (secondary N) is 2. The van der Waals surface area contributed by atoms with E-state index in [9.17, 15) is 0 Å². The van der Waals surface area contributed by atoms with Gasteiger partial charge in [-0.25, -0.2) is 0 Å². The van der Waals surface area contributed by atoms with Crippen LogP contribution < -0.4 is 0 Å². The third-order valence-corrected chi connectivity index (χ3v) is 3.33. The van der Waals surface area contributed by atoms with Crippen molar-refractivity contribution >= 4 is 21.8 Å². The monoisotopic (exact) mass is 233 g/mol. The van der Waals surface area contributed by atoms with E-state index >= 15 is 0 Å². The Morgan fingerprint density at radius 3 is 2.61 bits per heavy atom. The molecule has 0 aliphatic rings. The predicted octanol–water partition coefficient (Wildman–Crippen LogP) is 3.71. The zero-order valence-corrected chi connectivity index (χ0v) is 9.64. The molecule has 0 radical (unpaired) electrons. The lowest BCUT2D eigenvalue weighted by molar-refractivity contribution is 1.10. The summed E-state index contributed by atoms with van der Waals surface area (Å²) in [6, 6.07) is 16.7. The van der Waals surface area contributed by atoms with Crippen LogP contribution in [0.3, 0.4) is 0 Å². The third kappa shape index (κ3) is 1.21. The lowest BCUT2D eigenvalue weighted by Crippen LogP contribution is -1.80. The lowest BCUT2D eigenvalue weighted by atomic mass is 10.1. The van der Waals surface area contributed by atoms with Gasteiger partial charge in [-0.05, 0) is 12.1 Å². The van der Waals surface area contributed by atoms with Crippen LogP contribution in [0, 0.1) is 0 Å². The largest absolute Gasteiger partial charge is 0.354 e. The van der Waals surface area contributed by atoms with Crippen LogP contribution >= 0.6 is 0 Å². The number of nitrogens with zero attached hydrogens (tertiary/aromatic N) is 1. The van der Waals surface area contributed by atoms with Crippen molar-refractivity contribution in [3.05, 3.63) is 54.7 Å². The highest BCUT2D eigenvalue weighted by Crippen LogP contribution is 2.31. The molecule has 3 nitrogen and oxygen atoms in total. The van der Waals surface area contributed by atoms with Gasteiger partial charge in [0.1, 0.15) is 0 Å². The molecule has 0 aliphatic carbocycles. The van der Waals surface area contributed by atoms with Gasteiger partial charge in [0.25, 0.3) is 0 Å². The van der Waals surface area contributed by atoms with Gasteiger partial charge in [-0.15, -0.1) is 0 Å². The molecule has 0 unspecified atom stereocenters. The first-order valence-electron chi connectivity index (χ1n) is 5.93. The maximum absolute atomic E-state index is 4.02. The Labute approximate surface area is 103 Å². The molecule has 3 heteroatoms. The van der Waals surface area contributed by atoms with Crippen molar-refractivity contribution in [1.29, 1.82) is 0 Å². The van der Waals surface area contributed by atoms with E-state index in [1.165, 1.54) is 16.3 Å². The minimum atomic E-state index is 1.03. The van der Waals surface area contributed by atoms with E-state index in [0.717, 1.165) is 16.8 Å². The van der Waals surface area contributed by atoms with E-state index in [4.69, 9.17) is 0 Å². The second-order valence-corrected chi connectivity index (χ2v) is 4.37. The smallest absolute Gasteiger partial charge is 0.0671 e. The molecule has 0 saturated carbocycles. The molecule has 18 heavy (non-hydrogen) atoms. The van der Waals surface area contributed by atoms with E-state index in [1.54, 1.807) is 6.20 Å². The van der Waals surface area contributed by atoms with Gasteiger partial charge in [-0.1, -0.05) is 36.4 Å². The summed E-state index contributed by atoms with van der Waals surface area (Å²) in [5, 5.41) is 9.55. The molecule has 4 aromatic rings. The minimum absolute atomic E-state index is 1.03. The molecule has 86 valence electrons. The number of rotatable bonds is 1. The topological polar surface area (TPSA) is 44.5 Å². The Kier molecular flexibility index (Phi) is 1.83. The molecule has 0 saturated heterocycles. The number of H-pyrrole nitrogens is 2. The van der Waals surface area contributed by atoms with Crippen molar-refractivity contribution in [3.63, 3.8) is 0 Å². The first-order chi connectivity index (χ1) is 8.93. The van der Waals surface area contributed by atoms with Crippen LogP contribution in [0.25, 0.3) is 33.1 Å². The summed E-state index contributed by atoms with van der Waals surface area (Å²) < 4.78 is 0. The van der Waals surface area contributed by atoms with Gasteiger partial charge >= 0.3 is 0 Å². The van der Waals surface area contributed by atoms with Gasteiger partial charge in [-0.2, -0.15) is 5.10 Å². The molecule has 0 spiro atoms. The Bertz CT molecular complexity index is 825. The average Bonchev–Trinajstić information content (AvgIpc) is 3.05. The van der Waals surface area contributed by atoms with Crippen LogP contribution in [-0.2, 0) is 0 Å². The summed E-state index contributed by atoms with van der Waals surface area (Å²) in [6.07, 6.45) is 1.77. The third-order valence-electron chi connectivity index (χ3n) is 3.33. The zero-order valence-electron chi connectivity index (χ0n) is 9.64. The van der Waals surface area contributed by atoms with Crippen LogP contribution in [0.15, 0.2) is 54.7 Å². The molecule has 0 fully saturated rings.